The van der Waals surface area contributed by atoms with E-state index in [1.807, 2.05) is 44.2 Å². The fourth-order valence-electron chi connectivity index (χ4n) is 2.79. The number of aliphatic hydroxyl groups is 1. The van der Waals surface area contributed by atoms with Gasteiger partial charge in [0.05, 0.1) is 35.9 Å². The van der Waals surface area contributed by atoms with Crippen molar-refractivity contribution in [1.29, 1.82) is 0 Å². The van der Waals surface area contributed by atoms with Gasteiger partial charge in [0, 0.05) is 6.54 Å². The fraction of sp³-hybridized carbons (Fsp3) is 0.412. The molecule has 1 fully saturated rings. The molecule has 0 spiro atoms. The van der Waals surface area contributed by atoms with Gasteiger partial charge in [-0.25, -0.2) is 9.78 Å². The third-order valence-electron chi connectivity index (χ3n) is 3.86. The van der Waals surface area contributed by atoms with E-state index >= 15 is 0 Å². The van der Waals surface area contributed by atoms with Gasteiger partial charge in [-0.15, -0.1) is 0 Å². The number of rotatable bonds is 3. The first-order chi connectivity index (χ1) is 11.6. The second kappa shape index (κ2) is 7.29. The minimum Gasteiger partial charge on any atom is -0.394 e. The third kappa shape index (κ3) is 3.75. The van der Waals surface area contributed by atoms with E-state index in [2.05, 4.69) is 10.3 Å². The minimum atomic E-state index is -0.336. The summed E-state index contributed by atoms with van der Waals surface area (Å²) in [6, 6.07) is 9.79. The number of nitrogens with one attached hydrogen (secondary N) is 1. The van der Waals surface area contributed by atoms with Crippen molar-refractivity contribution in [2.75, 3.05) is 25.0 Å². The van der Waals surface area contributed by atoms with Crippen LogP contribution in [0.25, 0.3) is 10.4 Å². The van der Waals surface area contributed by atoms with E-state index in [1.54, 1.807) is 4.90 Å². The summed E-state index contributed by atoms with van der Waals surface area (Å²) in [5.41, 5.74) is 1.98. The van der Waals surface area contributed by atoms with Crippen LogP contribution in [0.2, 0.25) is 0 Å². The number of nitrogens with zero attached hydrogens (tertiary/aromatic N) is 2. The van der Waals surface area contributed by atoms with E-state index in [-0.39, 0.29) is 24.8 Å². The number of carbonyl (C=O) groups excluding carboxylic acids is 1. The summed E-state index contributed by atoms with van der Waals surface area (Å²) in [5.74, 6) is 0. The number of aliphatic hydroxyl groups excluding tert-OH is 1. The third-order valence-corrected chi connectivity index (χ3v) is 4.99. The molecule has 128 valence electrons. The zero-order chi connectivity index (χ0) is 17.1. The van der Waals surface area contributed by atoms with Crippen molar-refractivity contribution in [2.45, 2.75) is 26.1 Å². The molecular formula is C17H21N3O3S. The number of aryl methyl sites for hydroxylation is 1. The average molecular weight is 347 g/mol. The van der Waals surface area contributed by atoms with Crippen LogP contribution >= 0.6 is 11.3 Å². The Morgan fingerprint density at radius 2 is 2.17 bits per heavy atom. The maximum Gasteiger partial charge on any atom is 0.323 e. The largest absolute Gasteiger partial charge is 0.394 e. The summed E-state index contributed by atoms with van der Waals surface area (Å²) in [6.07, 6.45) is -0.433. The maximum atomic E-state index is 12.5. The zero-order valence-corrected chi connectivity index (χ0v) is 14.5. The van der Waals surface area contributed by atoms with Gasteiger partial charge in [-0.1, -0.05) is 41.7 Å². The molecule has 1 aromatic carbocycles. The van der Waals surface area contributed by atoms with Crippen molar-refractivity contribution in [3.8, 4) is 10.4 Å². The molecule has 2 unspecified atom stereocenters. The number of urea groups is 1. The van der Waals surface area contributed by atoms with Crippen molar-refractivity contribution in [3.05, 3.63) is 36.0 Å². The lowest BCUT2D eigenvalue weighted by atomic mass is 10.2. The van der Waals surface area contributed by atoms with Crippen LogP contribution in [0, 0.1) is 6.92 Å². The van der Waals surface area contributed by atoms with Crippen LogP contribution in [0.3, 0.4) is 0 Å². The predicted molar refractivity (Wildman–Crippen MR) is 94.3 cm³/mol. The van der Waals surface area contributed by atoms with Gasteiger partial charge in [0.15, 0.2) is 5.13 Å². The first-order valence-corrected chi connectivity index (χ1v) is 8.73. The highest BCUT2D eigenvalue weighted by Gasteiger charge is 2.28. The topological polar surface area (TPSA) is 74.7 Å². The molecule has 0 radical (unpaired) electrons. The number of hydrogen-bond acceptors (Lipinski definition) is 5. The molecule has 24 heavy (non-hydrogen) atoms. The molecule has 7 heteroatoms. The van der Waals surface area contributed by atoms with E-state index in [0.717, 1.165) is 16.1 Å². The number of aromatic nitrogens is 1. The lowest BCUT2D eigenvalue weighted by Gasteiger charge is -2.35. The van der Waals surface area contributed by atoms with Gasteiger partial charge in [-0.2, -0.15) is 0 Å². The molecule has 1 aliphatic heterocycles. The number of hydrogen-bond donors (Lipinski definition) is 2. The molecule has 0 saturated carbocycles. The highest BCUT2D eigenvalue weighted by Crippen LogP contribution is 2.32. The second-order valence-corrected chi connectivity index (χ2v) is 6.89. The van der Waals surface area contributed by atoms with Crippen LogP contribution < -0.4 is 5.32 Å². The van der Waals surface area contributed by atoms with Gasteiger partial charge in [0.2, 0.25) is 0 Å². The lowest BCUT2D eigenvalue weighted by molar-refractivity contribution is -0.0822. The molecule has 2 heterocycles. The van der Waals surface area contributed by atoms with Crippen LogP contribution in [0.5, 0.6) is 0 Å². The van der Waals surface area contributed by atoms with Crippen molar-refractivity contribution in [1.82, 2.24) is 9.88 Å². The highest BCUT2D eigenvalue weighted by atomic mass is 32.1. The van der Waals surface area contributed by atoms with Gasteiger partial charge in [-0.3, -0.25) is 5.32 Å². The Balaban J connectivity index is 1.71. The number of benzene rings is 1. The molecule has 1 saturated heterocycles. The molecule has 1 aromatic heterocycles. The van der Waals surface area contributed by atoms with Crippen molar-refractivity contribution < 1.29 is 14.6 Å². The Bertz CT molecular complexity index is 704. The Kier molecular flexibility index (Phi) is 5.13. The van der Waals surface area contributed by atoms with Gasteiger partial charge < -0.3 is 14.7 Å². The van der Waals surface area contributed by atoms with Crippen LogP contribution in [0.15, 0.2) is 30.3 Å². The zero-order valence-electron chi connectivity index (χ0n) is 13.7. The summed E-state index contributed by atoms with van der Waals surface area (Å²) in [7, 11) is 0. The first kappa shape index (κ1) is 16.9. The molecule has 2 aromatic rings. The lowest BCUT2D eigenvalue weighted by Crippen LogP contribution is -2.51. The van der Waals surface area contributed by atoms with Crippen LogP contribution in [-0.4, -0.2) is 52.9 Å². The summed E-state index contributed by atoms with van der Waals surface area (Å²) < 4.78 is 5.56. The molecule has 0 aliphatic carbocycles. The Labute approximate surface area is 145 Å². The molecule has 1 aliphatic rings. The Morgan fingerprint density at radius 1 is 1.42 bits per heavy atom. The normalized spacial score (nSPS) is 20.9. The monoisotopic (exact) mass is 347 g/mol. The molecule has 0 bridgehead atoms. The number of thiazole rings is 1. The summed E-state index contributed by atoms with van der Waals surface area (Å²) in [6.45, 7) is 4.61. The quantitative estimate of drug-likeness (QED) is 0.895. The summed E-state index contributed by atoms with van der Waals surface area (Å²) >= 11 is 1.46. The summed E-state index contributed by atoms with van der Waals surface area (Å²) in [5, 5.41) is 12.7. The van der Waals surface area contributed by atoms with Crippen molar-refractivity contribution >= 4 is 22.5 Å². The summed E-state index contributed by atoms with van der Waals surface area (Å²) in [4.78, 5) is 19.6. The average Bonchev–Trinajstić information content (AvgIpc) is 2.95. The van der Waals surface area contributed by atoms with Crippen LogP contribution in [-0.2, 0) is 4.74 Å². The SMILES string of the molecule is Cc1nc(NC(=O)N2CC(C)OC(CO)C2)sc1-c1ccccc1. The minimum absolute atomic E-state index is 0.0946. The van der Waals surface area contributed by atoms with E-state index in [1.165, 1.54) is 11.3 Å². The smallest absolute Gasteiger partial charge is 0.323 e. The predicted octanol–water partition coefficient (Wildman–Crippen LogP) is 2.73. The number of anilines is 1. The fourth-order valence-corrected chi connectivity index (χ4v) is 3.75. The number of ether oxygens (including phenoxy) is 1. The molecule has 2 amide bonds. The van der Waals surface area contributed by atoms with Crippen molar-refractivity contribution in [3.63, 3.8) is 0 Å². The van der Waals surface area contributed by atoms with E-state index in [9.17, 15) is 9.90 Å². The molecule has 2 atom stereocenters. The standard InChI is InChI=1S/C17H21N3O3S/c1-11-8-20(9-14(10-21)23-11)17(22)19-16-18-12(2)15(24-16)13-6-4-3-5-7-13/h3-7,11,14,21H,8-10H2,1-2H3,(H,18,19,22). The van der Waals surface area contributed by atoms with Crippen LogP contribution in [0.1, 0.15) is 12.6 Å². The van der Waals surface area contributed by atoms with E-state index < -0.39 is 0 Å². The maximum absolute atomic E-state index is 12.5. The number of carbonyl (C=O) groups is 1. The van der Waals surface area contributed by atoms with Gasteiger partial charge >= 0.3 is 6.03 Å². The molecular weight excluding hydrogens is 326 g/mol. The van der Waals surface area contributed by atoms with Gasteiger partial charge in [0.1, 0.15) is 0 Å². The number of amides is 2. The number of morpholine rings is 1. The highest BCUT2D eigenvalue weighted by molar-refractivity contribution is 7.19. The van der Waals surface area contributed by atoms with Crippen LogP contribution in [0.4, 0.5) is 9.93 Å². The van der Waals surface area contributed by atoms with Gasteiger partial charge in [0.25, 0.3) is 0 Å². The Morgan fingerprint density at radius 3 is 2.88 bits per heavy atom. The van der Waals surface area contributed by atoms with Gasteiger partial charge in [-0.05, 0) is 19.4 Å². The second-order valence-electron chi connectivity index (χ2n) is 5.89. The molecule has 6 nitrogen and oxygen atoms in total. The molecule has 2 N–H and O–H groups in total. The van der Waals surface area contributed by atoms with Crippen molar-refractivity contribution in [2.24, 2.45) is 0 Å². The molecule has 3 rings (SSSR count). The first-order valence-electron chi connectivity index (χ1n) is 7.92. The Hall–Kier alpha value is -1.96. The van der Waals surface area contributed by atoms with E-state index in [4.69, 9.17) is 4.74 Å². The van der Waals surface area contributed by atoms with E-state index in [0.29, 0.717) is 18.2 Å².